The van der Waals surface area contributed by atoms with Crippen molar-refractivity contribution in [3.05, 3.63) is 89.6 Å². The fraction of sp³-hybridized carbons (Fsp3) is 0.269. The highest BCUT2D eigenvalue weighted by molar-refractivity contribution is 7.07. The standard InChI is InChI=1S/C26H26ClN3O4S/c1-6-34-25(32)22-15(2)28-26-30(23(22)17-8-10-18(11-9-17)29(3)4)24(31)21(35-26)14-16-7-12-20(33-5)19(27)13-16/h7-14,23H,6H2,1-5H3/b21-14+/t23-/m1/s1. The first-order valence-corrected chi connectivity index (χ1v) is 12.2. The molecule has 0 unspecified atom stereocenters. The predicted molar refractivity (Wildman–Crippen MR) is 139 cm³/mol. The summed E-state index contributed by atoms with van der Waals surface area (Å²) in [5.74, 6) is 0.0767. The number of ether oxygens (including phenoxy) is 2. The van der Waals surface area contributed by atoms with Crippen LogP contribution in [0.3, 0.4) is 0 Å². The number of carbonyl (C=O) groups is 1. The summed E-state index contributed by atoms with van der Waals surface area (Å²) in [5, 5.41) is 0.452. The fourth-order valence-corrected chi connectivity index (χ4v) is 5.30. The third kappa shape index (κ3) is 4.76. The molecule has 182 valence electrons. The zero-order chi connectivity index (χ0) is 25.3. The molecule has 1 aromatic heterocycles. The number of thiazole rings is 1. The Labute approximate surface area is 212 Å². The summed E-state index contributed by atoms with van der Waals surface area (Å²) in [7, 11) is 5.46. The lowest BCUT2D eigenvalue weighted by Crippen LogP contribution is -2.39. The average molecular weight is 512 g/mol. The van der Waals surface area contributed by atoms with Crippen LogP contribution in [0.15, 0.2) is 63.5 Å². The number of nitrogens with zero attached hydrogens (tertiary/aromatic N) is 3. The van der Waals surface area contributed by atoms with Crippen LogP contribution in [0, 0.1) is 0 Å². The van der Waals surface area contributed by atoms with Gasteiger partial charge in [-0.25, -0.2) is 9.79 Å². The second kappa shape index (κ2) is 10.1. The topological polar surface area (TPSA) is 73.1 Å². The number of allylic oxidation sites excluding steroid dienone is 1. The van der Waals surface area contributed by atoms with E-state index < -0.39 is 12.0 Å². The van der Waals surface area contributed by atoms with Crippen LogP contribution in [-0.2, 0) is 9.53 Å². The van der Waals surface area contributed by atoms with E-state index in [4.69, 9.17) is 21.1 Å². The van der Waals surface area contributed by atoms with Gasteiger partial charge in [0.2, 0.25) is 0 Å². The van der Waals surface area contributed by atoms with E-state index >= 15 is 0 Å². The van der Waals surface area contributed by atoms with Crippen LogP contribution in [0.25, 0.3) is 6.08 Å². The first-order chi connectivity index (χ1) is 16.7. The van der Waals surface area contributed by atoms with Crippen molar-refractivity contribution in [1.82, 2.24) is 4.57 Å². The van der Waals surface area contributed by atoms with E-state index in [0.717, 1.165) is 16.8 Å². The molecule has 1 atom stereocenters. The monoisotopic (exact) mass is 511 g/mol. The number of halogens is 1. The molecule has 1 aliphatic heterocycles. The molecule has 0 radical (unpaired) electrons. The SMILES string of the molecule is CCOC(=O)C1=C(C)N=c2s/c(=C/c3ccc(OC)c(Cl)c3)c(=O)n2[C@@H]1c1ccc(N(C)C)cc1. The van der Waals surface area contributed by atoms with Crippen molar-refractivity contribution < 1.29 is 14.3 Å². The number of rotatable bonds is 6. The van der Waals surface area contributed by atoms with Crippen molar-refractivity contribution in [3.63, 3.8) is 0 Å². The largest absolute Gasteiger partial charge is 0.495 e. The molecule has 0 saturated carbocycles. The molecule has 2 aromatic carbocycles. The van der Waals surface area contributed by atoms with Gasteiger partial charge in [-0.2, -0.15) is 0 Å². The lowest BCUT2D eigenvalue weighted by atomic mass is 9.95. The van der Waals surface area contributed by atoms with E-state index in [0.29, 0.717) is 31.4 Å². The molecule has 2 heterocycles. The zero-order valence-corrected chi connectivity index (χ0v) is 21.7. The summed E-state index contributed by atoms with van der Waals surface area (Å²) in [6, 6.07) is 12.5. The number of anilines is 1. The molecule has 0 aliphatic carbocycles. The number of methoxy groups -OCH3 is 1. The molecular formula is C26H26ClN3O4S. The Balaban J connectivity index is 1.91. The van der Waals surface area contributed by atoms with Gasteiger partial charge < -0.3 is 14.4 Å². The molecule has 1 aliphatic rings. The van der Waals surface area contributed by atoms with Gasteiger partial charge in [-0.3, -0.25) is 9.36 Å². The molecule has 0 saturated heterocycles. The number of aromatic nitrogens is 1. The maximum Gasteiger partial charge on any atom is 0.338 e. The minimum absolute atomic E-state index is 0.227. The molecule has 35 heavy (non-hydrogen) atoms. The fourth-order valence-electron chi connectivity index (χ4n) is 3.99. The van der Waals surface area contributed by atoms with Gasteiger partial charge in [-0.1, -0.05) is 41.1 Å². The zero-order valence-electron chi connectivity index (χ0n) is 20.2. The number of benzene rings is 2. The Morgan fingerprint density at radius 3 is 2.54 bits per heavy atom. The van der Waals surface area contributed by atoms with Crippen LogP contribution in [0.5, 0.6) is 5.75 Å². The van der Waals surface area contributed by atoms with E-state index in [1.54, 1.807) is 43.7 Å². The highest BCUT2D eigenvalue weighted by atomic mass is 35.5. The molecule has 0 N–H and O–H groups in total. The number of esters is 1. The molecule has 3 aromatic rings. The smallest absolute Gasteiger partial charge is 0.338 e. The van der Waals surface area contributed by atoms with Crippen LogP contribution < -0.4 is 24.5 Å². The molecular weight excluding hydrogens is 486 g/mol. The Morgan fingerprint density at radius 1 is 1.23 bits per heavy atom. The van der Waals surface area contributed by atoms with Gasteiger partial charge in [0.1, 0.15) is 5.75 Å². The van der Waals surface area contributed by atoms with Gasteiger partial charge in [-0.05, 0) is 55.3 Å². The van der Waals surface area contributed by atoms with E-state index in [-0.39, 0.29) is 12.2 Å². The number of fused-ring (bicyclic) bond motifs is 1. The predicted octanol–water partition coefficient (Wildman–Crippen LogP) is 3.53. The maximum atomic E-state index is 13.7. The Hall–Kier alpha value is -3.36. The maximum absolute atomic E-state index is 13.7. The second-order valence-corrected chi connectivity index (χ2v) is 9.60. The number of hydrogen-bond acceptors (Lipinski definition) is 7. The molecule has 9 heteroatoms. The van der Waals surface area contributed by atoms with Gasteiger partial charge in [0.15, 0.2) is 4.80 Å². The molecule has 0 amide bonds. The Bertz CT molecular complexity index is 1490. The van der Waals surface area contributed by atoms with E-state index in [9.17, 15) is 9.59 Å². The minimum Gasteiger partial charge on any atom is -0.495 e. The third-order valence-electron chi connectivity index (χ3n) is 5.72. The van der Waals surface area contributed by atoms with Gasteiger partial charge in [0.25, 0.3) is 5.56 Å². The highest BCUT2D eigenvalue weighted by Crippen LogP contribution is 2.31. The van der Waals surface area contributed by atoms with Crippen LogP contribution in [-0.4, -0.2) is 38.3 Å². The summed E-state index contributed by atoms with van der Waals surface area (Å²) in [6.45, 7) is 3.75. The lowest BCUT2D eigenvalue weighted by Gasteiger charge is -2.25. The average Bonchev–Trinajstić information content (AvgIpc) is 3.12. The van der Waals surface area contributed by atoms with Gasteiger partial charge in [0, 0.05) is 19.8 Å². The van der Waals surface area contributed by atoms with Crippen molar-refractivity contribution >= 4 is 40.7 Å². The summed E-state index contributed by atoms with van der Waals surface area (Å²) in [4.78, 5) is 33.8. The molecule has 0 fully saturated rings. The minimum atomic E-state index is -0.650. The van der Waals surface area contributed by atoms with Gasteiger partial charge in [-0.15, -0.1) is 0 Å². The molecule has 0 bridgehead atoms. The third-order valence-corrected chi connectivity index (χ3v) is 6.99. The van der Waals surface area contributed by atoms with Crippen LogP contribution in [0.4, 0.5) is 5.69 Å². The van der Waals surface area contributed by atoms with Crippen molar-refractivity contribution in [1.29, 1.82) is 0 Å². The van der Waals surface area contributed by atoms with Crippen molar-refractivity contribution in [2.45, 2.75) is 19.9 Å². The van der Waals surface area contributed by atoms with Crippen LogP contribution in [0.2, 0.25) is 5.02 Å². The van der Waals surface area contributed by atoms with Crippen LogP contribution >= 0.6 is 22.9 Å². The molecule has 0 spiro atoms. The molecule has 4 rings (SSSR count). The normalized spacial score (nSPS) is 15.5. The number of carbonyl (C=O) groups excluding carboxylic acids is 1. The first kappa shape index (κ1) is 24.8. The Morgan fingerprint density at radius 2 is 1.94 bits per heavy atom. The first-order valence-electron chi connectivity index (χ1n) is 11.1. The second-order valence-electron chi connectivity index (χ2n) is 8.18. The van der Waals surface area contributed by atoms with Crippen molar-refractivity contribution in [3.8, 4) is 5.75 Å². The summed E-state index contributed by atoms with van der Waals surface area (Å²) < 4.78 is 12.6. The van der Waals surface area contributed by atoms with Gasteiger partial charge in [0.05, 0.1) is 40.6 Å². The quantitative estimate of drug-likeness (QED) is 0.473. The Kier molecular flexibility index (Phi) is 7.14. The number of hydrogen-bond donors (Lipinski definition) is 0. The van der Waals surface area contributed by atoms with Gasteiger partial charge >= 0.3 is 5.97 Å². The summed E-state index contributed by atoms with van der Waals surface area (Å²) in [6.07, 6.45) is 1.77. The lowest BCUT2D eigenvalue weighted by molar-refractivity contribution is -0.139. The summed E-state index contributed by atoms with van der Waals surface area (Å²) >= 11 is 7.54. The van der Waals surface area contributed by atoms with E-state index in [1.165, 1.54) is 11.3 Å². The van der Waals surface area contributed by atoms with E-state index in [2.05, 4.69) is 4.99 Å². The molecule has 7 nitrogen and oxygen atoms in total. The highest BCUT2D eigenvalue weighted by Gasteiger charge is 2.33. The van der Waals surface area contributed by atoms with Crippen LogP contribution in [0.1, 0.15) is 31.0 Å². The summed E-state index contributed by atoms with van der Waals surface area (Å²) in [5.41, 5.74) is 3.22. The van der Waals surface area contributed by atoms with E-state index in [1.807, 2.05) is 49.3 Å². The van der Waals surface area contributed by atoms with Crippen molar-refractivity contribution in [2.75, 3.05) is 32.7 Å². The van der Waals surface area contributed by atoms with Crippen molar-refractivity contribution in [2.24, 2.45) is 4.99 Å².